The molecule has 0 amide bonds. The van der Waals surface area contributed by atoms with Gasteiger partial charge in [-0.25, -0.2) is 0 Å². The van der Waals surface area contributed by atoms with Crippen molar-refractivity contribution in [3.63, 3.8) is 0 Å². The maximum absolute atomic E-state index is 11.3. The van der Waals surface area contributed by atoms with E-state index in [1.54, 1.807) is 0 Å². The van der Waals surface area contributed by atoms with Gasteiger partial charge in [-0.15, -0.1) is 0 Å². The number of ether oxygens (including phenoxy) is 4. The molecule has 10 nitrogen and oxygen atoms in total. The maximum Gasteiger partial charge on any atom is 2.00 e. The Kier molecular flexibility index (Phi) is 42.8. The molecule has 0 saturated carbocycles. The van der Waals surface area contributed by atoms with E-state index in [0.717, 1.165) is 140 Å². The molecule has 364 valence electrons. The molecule has 65 heavy (non-hydrogen) atoms. The fourth-order valence-electron chi connectivity index (χ4n) is 7.93. The Morgan fingerprint density at radius 1 is 0.415 bits per heavy atom. The summed E-state index contributed by atoms with van der Waals surface area (Å²) in [6, 6.07) is 19.6. The van der Waals surface area contributed by atoms with E-state index < -0.39 is 11.9 Å². The molecule has 0 bridgehead atoms. The van der Waals surface area contributed by atoms with Crippen LogP contribution in [0.25, 0.3) is 0 Å². The van der Waals surface area contributed by atoms with Crippen molar-refractivity contribution < 1.29 is 48.3 Å². The quantitative estimate of drug-likeness (QED) is 0.0358. The molecule has 0 N–H and O–H groups in total. The number of unbranched alkanes of at least 4 members (excludes halogenated alkanes) is 16. The number of carbonyl (C=O) groups excluding carboxylic acids is 4. The largest absolute Gasteiger partial charge is 2.00 e. The average Bonchev–Trinajstić information content (AvgIpc) is 3.26. The van der Waals surface area contributed by atoms with Crippen LogP contribution in [0.15, 0.2) is 60.7 Å². The first-order valence-electron chi connectivity index (χ1n) is 25.1. The van der Waals surface area contributed by atoms with E-state index in [4.69, 9.17) is 18.9 Å². The van der Waals surface area contributed by atoms with Crippen LogP contribution >= 0.6 is 0 Å². The normalized spacial score (nSPS) is 12.7. The van der Waals surface area contributed by atoms with E-state index in [0.29, 0.717) is 13.2 Å². The van der Waals surface area contributed by atoms with Gasteiger partial charge in [-0.2, -0.15) is 0 Å². The number of aliphatic carboxylic acids is 2. The second-order valence-corrected chi connectivity index (χ2v) is 17.5. The van der Waals surface area contributed by atoms with Gasteiger partial charge in [-0.3, -0.25) is 9.59 Å². The molecule has 0 aliphatic carbocycles. The van der Waals surface area contributed by atoms with Crippen molar-refractivity contribution in [2.75, 3.05) is 0 Å². The minimum Gasteiger partial charge on any atom is -0.550 e. The van der Waals surface area contributed by atoms with Crippen molar-refractivity contribution in [1.29, 1.82) is 0 Å². The summed E-state index contributed by atoms with van der Waals surface area (Å²) in [5, 5.41) is 22.1. The summed E-state index contributed by atoms with van der Waals surface area (Å²) < 4.78 is 22.6. The first-order chi connectivity index (χ1) is 31.0. The van der Waals surface area contributed by atoms with Crippen LogP contribution in [0.1, 0.15) is 219 Å². The second-order valence-electron chi connectivity index (χ2n) is 17.5. The first kappa shape index (κ1) is 62.8. The number of benzene rings is 2. The van der Waals surface area contributed by atoms with Gasteiger partial charge in [0.15, 0.2) is 0 Å². The predicted molar refractivity (Wildman–Crippen MR) is 258 cm³/mol. The van der Waals surface area contributed by atoms with Crippen LogP contribution in [-0.2, 0) is 51.3 Å². The van der Waals surface area contributed by atoms with E-state index in [1.807, 2.05) is 60.7 Å². The van der Waals surface area contributed by atoms with Gasteiger partial charge in [-0.1, -0.05) is 177 Å². The van der Waals surface area contributed by atoms with E-state index >= 15 is 0 Å². The topological polar surface area (TPSA) is 151 Å². The Balaban J connectivity index is 0.00000124. The van der Waals surface area contributed by atoms with E-state index in [1.165, 1.54) is 52.4 Å². The second kappa shape index (κ2) is 44.3. The number of rotatable bonds is 40. The van der Waals surface area contributed by atoms with Crippen molar-refractivity contribution in [2.45, 2.75) is 245 Å². The molecule has 2 aromatic rings. The van der Waals surface area contributed by atoms with Gasteiger partial charge in [-0.05, 0) is 75.3 Å². The molecule has 0 spiro atoms. The Bertz CT molecular complexity index is 1320. The Morgan fingerprint density at radius 3 is 0.938 bits per heavy atom. The molecule has 11 heteroatoms. The zero-order valence-electron chi connectivity index (χ0n) is 41.1. The summed E-state index contributed by atoms with van der Waals surface area (Å²) in [7, 11) is 0. The van der Waals surface area contributed by atoms with Crippen molar-refractivity contribution in [2.24, 2.45) is 0 Å². The van der Waals surface area contributed by atoms with Gasteiger partial charge in [0.25, 0.3) is 0 Å². The number of hydrogen-bond acceptors (Lipinski definition) is 10. The van der Waals surface area contributed by atoms with Crippen LogP contribution in [0.3, 0.4) is 0 Å². The van der Waals surface area contributed by atoms with Crippen LogP contribution in [0.4, 0.5) is 0 Å². The fraction of sp³-hybridized carbons (Fsp3) is 0.704. The summed E-state index contributed by atoms with van der Waals surface area (Å²) >= 11 is 0. The molecule has 2 aromatic carbocycles. The zero-order chi connectivity index (χ0) is 46.9. The number of hydrogen-bond donors (Lipinski definition) is 0. The third-order valence-corrected chi connectivity index (χ3v) is 11.5. The summed E-state index contributed by atoms with van der Waals surface area (Å²) in [5.74, 6) is -2.46. The van der Waals surface area contributed by atoms with Crippen LogP contribution in [0.5, 0.6) is 0 Å². The Hall–Kier alpha value is -2.19. The molecule has 4 atom stereocenters. The number of esters is 2. The molecule has 0 saturated heterocycles. The first-order valence-corrected chi connectivity index (χ1v) is 25.1. The van der Waals surface area contributed by atoms with E-state index in [-0.39, 0.29) is 98.1 Å². The summed E-state index contributed by atoms with van der Waals surface area (Å²) in [5.41, 5.74) is 2.10. The van der Waals surface area contributed by atoms with Gasteiger partial charge in [0.1, 0.15) is 12.2 Å². The SMILES string of the molecule is CCCCCCC(CCCCCCCCC(CC(=O)[O-])OCc1ccccc1)OC(C)=O.CCCCCCC(CCCCCCCCC(CC(=O)[O-])OCc1ccccc1)OC(C)=O.[Ba+2]. The molecular formula is C54H86BaO10. The van der Waals surface area contributed by atoms with Crippen molar-refractivity contribution in [3.8, 4) is 0 Å². The van der Waals surface area contributed by atoms with Gasteiger partial charge in [0.05, 0.1) is 25.4 Å². The summed E-state index contributed by atoms with van der Waals surface area (Å²) in [6.07, 6.45) is 27.4. The van der Waals surface area contributed by atoms with Gasteiger partial charge in [0.2, 0.25) is 0 Å². The van der Waals surface area contributed by atoms with Gasteiger partial charge >= 0.3 is 60.8 Å². The number of carbonyl (C=O) groups is 4. The average molecular weight is 1030 g/mol. The Labute approximate surface area is 434 Å². The smallest absolute Gasteiger partial charge is 0.550 e. The minimum atomic E-state index is -1.06. The third kappa shape index (κ3) is 40.6. The molecule has 0 fully saturated rings. The van der Waals surface area contributed by atoms with Crippen LogP contribution < -0.4 is 10.2 Å². The monoisotopic (exact) mass is 1030 g/mol. The van der Waals surface area contributed by atoms with Crippen molar-refractivity contribution in [3.05, 3.63) is 71.8 Å². The molecule has 0 aromatic heterocycles. The van der Waals surface area contributed by atoms with Crippen molar-refractivity contribution in [1.82, 2.24) is 0 Å². The maximum atomic E-state index is 11.3. The minimum absolute atomic E-state index is 0. The number of carboxylic acid groups (broad SMARTS) is 2. The number of carboxylic acids is 2. The standard InChI is InChI=1S/2C27H44O5.Ba/c2*1-3-4-5-13-18-25(32-23(2)28)19-14-8-6-7-9-15-20-26(21-27(29)30)31-22-24-16-11-10-12-17-24;/h2*10-12,16-17,25-26H,3-9,13-15,18-22H2,1-2H3,(H,29,30);/q;;+2/p-2. The summed E-state index contributed by atoms with van der Waals surface area (Å²) in [6.45, 7) is 8.25. The molecule has 0 aliphatic heterocycles. The van der Waals surface area contributed by atoms with Crippen LogP contribution in [0.2, 0.25) is 0 Å². The molecule has 2 rings (SSSR count). The van der Waals surface area contributed by atoms with E-state index in [9.17, 15) is 29.4 Å². The van der Waals surface area contributed by atoms with Crippen LogP contribution in [-0.4, -0.2) is 97.2 Å². The molecular weight excluding hydrogens is 946 g/mol. The van der Waals surface area contributed by atoms with E-state index in [2.05, 4.69) is 13.8 Å². The van der Waals surface area contributed by atoms with Gasteiger partial charge in [0, 0.05) is 38.6 Å². The zero-order valence-corrected chi connectivity index (χ0v) is 45.5. The molecule has 4 unspecified atom stereocenters. The fourth-order valence-corrected chi connectivity index (χ4v) is 7.93. The van der Waals surface area contributed by atoms with Gasteiger partial charge < -0.3 is 38.7 Å². The Morgan fingerprint density at radius 2 is 0.677 bits per heavy atom. The molecule has 0 radical (unpaired) electrons. The third-order valence-electron chi connectivity index (χ3n) is 11.5. The molecule has 0 heterocycles. The van der Waals surface area contributed by atoms with Crippen molar-refractivity contribution >= 4 is 72.8 Å². The summed E-state index contributed by atoms with van der Waals surface area (Å²) in [4.78, 5) is 44.7. The predicted octanol–water partition coefficient (Wildman–Crippen LogP) is 11.1. The van der Waals surface area contributed by atoms with Crippen LogP contribution in [0, 0.1) is 0 Å². The molecule has 0 aliphatic rings.